The van der Waals surface area contributed by atoms with Crippen LogP contribution in [0, 0.1) is 3.57 Å². The summed E-state index contributed by atoms with van der Waals surface area (Å²) in [7, 11) is 0. The molecule has 0 saturated carbocycles. The molecule has 1 aliphatic rings. The third kappa shape index (κ3) is 2.53. The van der Waals surface area contributed by atoms with E-state index in [0.717, 1.165) is 33.1 Å². The molecule has 1 aromatic rings. The highest BCUT2D eigenvalue weighted by Crippen LogP contribution is 2.29. The maximum Gasteiger partial charge on any atom is 0.227 e. The zero-order chi connectivity index (χ0) is 10.8. The van der Waals surface area contributed by atoms with Gasteiger partial charge in [-0.25, -0.2) is 0 Å². The van der Waals surface area contributed by atoms with Gasteiger partial charge in [0.25, 0.3) is 0 Å². The lowest BCUT2D eigenvalue weighted by atomic mass is 10.1. The first-order valence-corrected chi connectivity index (χ1v) is 6.81. The van der Waals surface area contributed by atoms with Crippen molar-refractivity contribution in [1.82, 2.24) is 0 Å². The predicted octanol–water partition coefficient (Wildman–Crippen LogP) is 3.57. The molecule has 1 fully saturated rings. The summed E-state index contributed by atoms with van der Waals surface area (Å²) in [5, 5.41) is 0. The number of piperidine rings is 1. The Morgan fingerprint density at radius 3 is 2.87 bits per heavy atom. The largest absolute Gasteiger partial charge is 0.311 e. The third-order valence-electron chi connectivity index (χ3n) is 2.52. The number of benzene rings is 1. The Bertz CT molecular complexity index is 394. The number of carbonyl (C=O) groups is 1. The van der Waals surface area contributed by atoms with E-state index in [0.29, 0.717) is 6.42 Å². The first-order chi connectivity index (χ1) is 7.18. The third-order valence-corrected chi connectivity index (χ3v) is 3.93. The van der Waals surface area contributed by atoms with Gasteiger partial charge in [-0.2, -0.15) is 0 Å². The average Bonchev–Trinajstić information content (AvgIpc) is 2.23. The average molecular weight is 380 g/mol. The number of halogens is 2. The number of nitrogens with zero attached hydrogens (tertiary/aromatic N) is 1. The van der Waals surface area contributed by atoms with Gasteiger partial charge in [-0.3, -0.25) is 4.79 Å². The van der Waals surface area contributed by atoms with Crippen LogP contribution in [0.3, 0.4) is 0 Å². The first kappa shape index (κ1) is 11.4. The van der Waals surface area contributed by atoms with Crippen molar-refractivity contribution in [2.75, 3.05) is 11.4 Å². The maximum atomic E-state index is 11.8. The number of hydrogen-bond donors (Lipinski definition) is 0. The summed E-state index contributed by atoms with van der Waals surface area (Å²) in [6.07, 6.45) is 2.82. The van der Waals surface area contributed by atoms with Crippen molar-refractivity contribution in [3.63, 3.8) is 0 Å². The van der Waals surface area contributed by atoms with Crippen molar-refractivity contribution in [3.8, 4) is 0 Å². The van der Waals surface area contributed by atoms with Crippen molar-refractivity contribution < 1.29 is 4.79 Å². The fourth-order valence-electron chi connectivity index (χ4n) is 1.75. The Labute approximate surface area is 111 Å². The van der Waals surface area contributed by atoms with E-state index in [1.807, 2.05) is 23.1 Å². The van der Waals surface area contributed by atoms with Crippen LogP contribution in [0.25, 0.3) is 0 Å². The minimum Gasteiger partial charge on any atom is -0.311 e. The molecule has 0 spiro atoms. The highest BCUT2D eigenvalue weighted by Gasteiger charge is 2.21. The molecule has 15 heavy (non-hydrogen) atoms. The zero-order valence-corrected chi connectivity index (χ0v) is 11.9. The lowest BCUT2D eigenvalue weighted by Crippen LogP contribution is -2.35. The van der Waals surface area contributed by atoms with Gasteiger partial charge in [-0.1, -0.05) is 15.9 Å². The summed E-state index contributed by atoms with van der Waals surface area (Å²) in [6, 6.07) is 6.05. The quantitative estimate of drug-likeness (QED) is 0.683. The molecule has 1 aromatic carbocycles. The fraction of sp³-hybridized carbons (Fsp3) is 0.364. The molecule has 1 heterocycles. The highest BCUT2D eigenvalue weighted by molar-refractivity contribution is 14.1. The fourth-order valence-corrected chi connectivity index (χ4v) is 2.73. The van der Waals surface area contributed by atoms with Crippen LogP contribution < -0.4 is 4.90 Å². The van der Waals surface area contributed by atoms with E-state index >= 15 is 0 Å². The van der Waals surface area contributed by atoms with E-state index in [-0.39, 0.29) is 5.91 Å². The molecule has 0 N–H and O–H groups in total. The molecule has 2 nitrogen and oxygen atoms in total. The molecule has 80 valence electrons. The molecule has 0 radical (unpaired) electrons. The molecule has 1 aliphatic heterocycles. The topological polar surface area (TPSA) is 20.3 Å². The van der Waals surface area contributed by atoms with E-state index < -0.39 is 0 Å². The van der Waals surface area contributed by atoms with Crippen LogP contribution in [0.5, 0.6) is 0 Å². The molecular formula is C11H11BrINO. The lowest BCUT2D eigenvalue weighted by molar-refractivity contribution is -0.119. The van der Waals surface area contributed by atoms with Gasteiger partial charge in [0.05, 0.1) is 5.69 Å². The van der Waals surface area contributed by atoms with Crippen molar-refractivity contribution in [2.24, 2.45) is 0 Å². The second-order valence-electron chi connectivity index (χ2n) is 3.60. The van der Waals surface area contributed by atoms with Crippen molar-refractivity contribution in [3.05, 3.63) is 26.2 Å². The number of rotatable bonds is 1. The Kier molecular flexibility index (Phi) is 3.66. The van der Waals surface area contributed by atoms with E-state index in [9.17, 15) is 4.79 Å². The predicted molar refractivity (Wildman–Crippen MR) is 73.1 cm³/mol. The van der Waals surface area contributed by atoms with E-state index in [1.165, 1.54) is 0 Å². The summed E-state index contributed by atoms with van der Waals surface area (Å²) in [4.78, 5) is 13.7. The van der Waals surface area contributed by atoms with E-state index in [1.54, 1.807) is 0 Å². The lowest BCUT2D eigenvalue weighted by Gasteiger charge is -2.27. The van der Waals surface area contributed by atoms with Gasteiger partial charge in [0.1, 0.15) is 0 Å². The minimum absolute atomic E-state index is 0.247. The molecule has 1 amide bonds. The zero-order valence-electron chi connectivity index (χ0n) is 8.17. The SMILES string of the molecule is O=C1CCCCN1c1cc(Br)ccc1I. The van der Waals surface area contributed by atoms with Crippen LogP contribution in [0.15, 0.2) is 22.7 Å². The maximum absolute atomic E-state index is 11.8. The van der Waals surface area contributed by atoms with Crippen LogP contribution >= 0.6 is 38.5 Å². The Morgan fingerprint density at radius 1 is 1.33 bits per heavy atom. The number of anilines is 1. The van der Waals surface area contributed by atoms with Gasteiger partial charge in [-0.05, 0) is 53.6 Å². The Balaban J connectivity index is 2.34. The van der Waals surface area contributed by atoms with Gasteiger partial charge < -0.3 is 4.90 Å². The van der Waals surface area contributed by atoms with Crippen LogP contribution in [0.2, 0.25) is 0 Å². The number of amides is 1. The van der Waals surface area contributed by atoms with E-state index in [4.69, 9.17) is 0 Å². The minimum atomic E-state index is 0.247. The van der Waals surface area contributed by atoms with Crippen LogP contribution in [-0.4, -0.2) is 12.5 Å². The number of carbonyl (C=O) groups excluding carboxylic acids is 1. The van der Waals surface area contributed by atoms with Crippen molar-refractivity contribution >= 4 is 50.1 Å². The summed E-state index contributed by atoms with van der Waals surface area (Å²) < 4.78 is 2.15. The van der Waals surface area contributed by atoms with Gasteiger partial charge in [0.15, 0.2) is 0 Å². The first-order valence-electron chi connectivity index (χ1n) is 4.94. The molecular weight excluding hydrogens is 369 g/mol. The molecule has 1 saturated heterocycles. The van der Waals surface area contributed by atoms with Crippen molar-refractivity contribution in [1.29, 1.82) is 0 Å². The molecule has 4 heteroatoms. The molecule has 0 atom stereocenters. The summed E-state index contributed by atoms with van der Waals surface area (Å²) >= 11 is 5.72. The summed E-state index contributed by atoms with van der Waals surface area (Å²) in [5.41, 5.74) is 1.04. The molecule has 0 unspecified atom stereocenters. The standard InChI is InChI=1S/C11H11BrINO/c12-8-4-5-9(13)10(7-8)14-6-2-1-3-11(14)15/h4-5,7H,1-3,6H2. The van der Waals surface area contributed by atoms with Gasteiger partial charge in [0, 0.05) is 21.0 Å². The van der Waals surface area contributed by atoms with Gasteiger partial charge in [-0.15, -0.1) is 0 Å². The second kappa shape index (κ2) is 4.82. The number of hydrogen-bond acceptors (Lipinski definition) is 1. The smallest absolute Gasteiger partial charge is 0.227 e. The molecule has 0 bridgehead atoms. The van der Waals surface area contributed by atoms with Crippen LogP contribution in [-0.2, 0) is 4.79 Å². The highest BCUT2D eigenvalue weighted by atomic mass is 127. The second-order valence-corrected chi connectivity index (χ2v) is 5.68. The normalized spacial score (nSPS) is 16.9. The van der Waals surface area contributed by atoms with Crippen LogP contribution in [0.1, 0.15) is 19.3 Å². The van der Waals surface area contributed by atoms with Crippen molar-refractivity contribution in [2.45, 2.75) is 19.3 Å². The molecule has 0 aliphatic carbocycles. The van der Waals surface area contributed by atoms with Crippen LogP contribution in [0.4, 0.5) is 5.69 Å². The van der Waals surface area contributed by atoms with Gasteiger partial charge in [0.2, 0.25) is 5.91 Å². The summed E-state index contributed by atoms with van der Waals surface area (Å²) in [6.45, 7) is 0.852. The molecule has 0 aromatic heterocycles. The van der Waals surface area contributed by atoms with Gasteiger partial charge >= 0.3 is 0 Å². The Hall–Kier alpha value is -0.100. The van der Waals surface area contributed by atoms with E-state index in [2.05, 4.69) is 38.5 Å². The molecule has 2 rings (SSSR count). The monoisotopic (exact) mass is 379 g/mol. The Morgan fingerprint density at radius 2 is 2.13 bits per heavy atom. The summed E-state index contributed by atoms with van der Waals surface area (Å²) in [5.74, 6) is 0.247.